The molecule has 2 aromatic carbocycles. The van der Waals surface area contributed by atoms with Gasteiger partial charge in [0.25, 0.3) is 5.91 Å². The molecule has 0 spiro atoms. The molecule has 2 N–H and O–H groups in total. The highest BCUT2D eigenvalue weighted by Gasteiger charge is 2.75. The van der Waals surface area contributed by atoms with Gasteiger partial charge in [0.1, 0.15) is 11.6 Å². The monoisotopic (exact) mass is 546 g/mol. The fraction of sp³-hybridized carbons (Fsp3) is 0.423. The maximum atomic E-state index is 14.2. The molecule has 0 aliphatic carbocycles. The molecule has 2 amide bonds. The zero-order valence-corrected chi connectivity index (χ0v) is 21.0. The Morgan fingerprint density at radius 1 is 0.816 bits per heavy atom. The molecule has 12 heteroatoms. The Balaban J connectivity index is 2.49. The lowest BCUT2D eigenvalue weighted by Gasteiger charge is -2.41. The van der Waals surface area contributed by atoms with E-state index in [4.69, 9.17) is 4.74 Å². The molecule has 6 nitrogen and oxygen atoms in total. The number of hydrogen-bond acceptors (Lipinski definition) is 4. The van der Waals surface area contributed by atoms with E-state index < -0.39 is 58.8 Å². The van der Waals surface area contributed by atoms with Crippen molar-refractivity contribution in [3.05, 3.63) is 71.8 Å². The second-order valence-corrected chi connectivity index (χ2v) is 9.63. The van der Waals surface area contributed by atoms with Crippen molar-refractivity contribution in [2.75, 3.05) is 0 Å². The lowest BCUT2D eigenvalue weighted by atomic mass is 9.82. The number of benzene rings is 2. The quantitative estimate of drug-likeness (QED) is 0.361. The lowest BCUT2D eigenvalue weighted by molar-refractivity contribution is -0.315. The van der Waals surface area contributed by atoms with E-state index in [1.165, 1.54) is 39.0 Å². The third kappa shape index (κ3) is 7.26. The first-order chi connectivity index (χ1) is 17.4. The lowest BCUT2D eigenvalue weighted by Crippen LogP contribution is -2.73. The van der Waals surface area contributed by atoms with Crippen molar-refractivity contribution in [2.24, 2.45) is 5.92 Å². The number of amides is 2. The van der Waals surface area contributed by atoms with Crippen LogP contribution in [-0.4, -0.2) is 47.3 Å². The van der Waals surface area contributed by atoms with Crippen molar-refractivity contribution in [2.45, 2.75) is 63.7 Å². The van der Waals surface area contributed by atoms with Crippen LogP contribution >= 0.6 is 0 Å². The predicted octanol–water partition coefficient (Wildman–Crippen LogP) is 4.99. The summed E-state index contributed by atoms with van der Waals surface area (Å²) in [6.07, 6.45) is -12.6. The first-order valence-electron chi connectivity index (χ1n) is 11.5. The molecule has 208 valence electrons. The van der Waals surface area contributed by atoms with Crippen molar-refractivity contribution in [3.8, 4) is 0 Å². The summed E-state index contributed by atoms with van der Waals surface area (Å²) < 4.78 is 90.5. The van der Waals surface area contributed by atoms with Crippen molar-refractivity contribution in [1.29, 1.82) is 0 Å². The van der Waals surface area contributed by atoms with E-state index in [9.17, 15) is 40.7 Å². The van der Waals surface area contributed by atoms with Crippen molar-refractivity contribution < 1.29 is 45.5 Å². The molecular formula is C26H28F6N2O4. The third-order valence-corrected chi connectivity index (χ3v) is 5.57. The van der Waals surface area contributed by atoms with Gasteiger partial charge in [-0.1, -0.05) is 55.5 Å². The molecule has 2 aromatic rings. The van der Waals surface area contributed by atoms with E-state index in [2.05, 4.69) is 0 Å². The minimum atomic E-state index is -6.15. The molecular weight excluding hydrogens is 518 g/mol. The Labute approximate surface area is 215 Å². The van der Waals surface area contributed by atoms with Crippen LogP contribution in [0.25, 0.3) is 0 Å². The fourth-order valence-electron chi connectivity index (χ4n) is 3.65. The average molecular weight is 547 g/mol. The SMILES string of the molecule is CC(C(=O)N[C@@H](Cc1ccccc1)C(=O)OC(C)(C)C)C(NC(=O)c1ccccc1)(C(F)(F)F)C(F)(F)F. The smallest absolute Gasteiger partial charge is 0.421 e. The number of esters is 1. The number of rotatable bonds is 8. The highest BCUT2D eigenvalue weighted by Crippen LogP contribution is 2.48. The van der Waals surface area contributed by atoms with Gasteiger partial charge in [-0.3, -0.25) is 9.59 Å². The minimum Gasteiger partial charge on any atom is -0.458 e. The zero-order chi connectivity index (χ0) is 28.9. The Bertz CT molecular complexity index is 1100. The Hall–Kier alpha value is -3.57. The highest BCUT2D eigenvalue weighted by molar-refractivity contribution is 5.95. The van der Waals surface area contributed by atoms with E-state index >= 15 is 0 Å². The zero-order valence-electron chi connectivity index (χ0n) is 21.0. The highest BCUT2D eigenvalue weighted by atomic mass is 19.4. The first-order valence-corrected chi connectivity index (χ1v) is 11.5. The van der Waals surface area contributed by atoms with Gasteiger partial charge < -0.3 is 15.4 Å². The van der Waals surface area contributed by atoms with Crippen LogP contribution < -0.4 is 10.6 Å². The van der Waals surface area contributed by atoms with Gasteiger partial charge in [-0.05, 0) is 38.5 Å². The standard InChI is InChI=1S/C26H28F6N2O4/c1-16(20(35)33-19(22(37)38-23(2,3)4)15-17-11-7-5-8-12-17)24(25(27,28)29,26(30,31)32)34-21(36)18-13-9-6-10-14-18/h5-14,16,19H,15H2,1-4H3,(H,33,35)(H,34,36)/t16?,19-/m0/s1. The maximum absolute atomic E-state index is 14.2. The van der Waals surface area contributed by atoms with Crippen molar-refractivity contribution in [3.63, 3.8) is 0 Å². The number of hydrogen-bond donors (Lipinski definition) is 2. The summed E-state index contributed by atoms with van der Waals surface area (Å²) in [6, 6.07) is 12.3. The fourth-order valence-corrected chi connectivity index (χ4v) is 3.65. The largest absolute Gasteiger partial charge is 0.458 e. The molecule has 0 aliphatic heterocycles. The summed E-state index contributed by atoms with van der Waals surface area (Å²) in [5.74, 6) is -7.44. The number of ether oxygens (including phenoxy) is 1. The van der Waals surface area contributed by atoms with Crippen LogP contribution in [0.2, 0.25) is 0 Å². The number of carbonyl (C=O) groups excluding carboxylic acids is 3. The Morgan fingerprint density at radius 2 is 1.29 bits per heavy atom. The van der Waals surface area contributed by atoms with Crippen LogP contribution in [0.15, 0.2) is 60.7 Å². The second-order valence-electron chi connectivity index (χ2n) is 9.63. The van der Waals surface area contributed by atoms with Gasteiger partial charge in [0.05, 0.1) is 5.92 Å². The molecule has 0 saturated carbocycles. The molecule has 0 bridgehead atoms. The van der Waals surface area contributed by atoms with E-state index in [1.54, 1.807) is 30.3 Å². The molecule has 0 radical (unpaired) electrons. The minimum absolute atomic E-state index is 0.268. The summed E-state index contributed by atoms with van der Waals surface area (Å²) >= 11 is 0. The molecule has 2 atom stereocenters. The van der Waals surface area contributed by atoms with E-state index in [1.807, 2.05) is 5.32 Å². The van der Waals surface area contributed by atoms with Crippen molar-refractivity contribution in [1.82, 2.24) is 10.6 Å². The predicted molar refractivity (Wildman–Crippen MR) is 126 cm³/mol. The van der Waals surface area contributed by atoms with Crippen LogP contribution in [0.5, 0.6) is 0 Å². The molecule has 0 heterocycles. The van der Waals surface area contributed by atoms with Crippen LogP contribution in [0.1, 0.15) is 43.6 Å². The first kappa shape index (κ1) is 30.7. The molecule has 0 aromatic heterocycles. The average Bonchev–Trinajstić information content (AvgIpc) is 2.80. The van der Waals surface area contributed by atoms with E-state index in [-0.39, 0.29) is 6.42 Å². The van der Waals surface area contributed by atoms with Crippen LogP contribution in [0, 0.1) is 5.92 Å². The number of nitrogens with one attached hydrogen (secondary N) is 2. The van der Waals surface area contributed by atoms with E-state index in [0.29, 0.717) is 12.5 Å². The molecule has 0 fully saturated rings. The molecule has 0 aliphatic rings. The summed E-state index contributed by atoms with van der Waals surface area (Å²) in [5.41, 5.74) is -6.05. The van der Waals surface area contributed by atoms with Gasteiger partial charge in [0, 0.05) is 12.0 Å². The summed E-state index contributed by atoms with van der Waals surface area (Å²) in [5, 5.41) is 3.02. The number of alkyl halides is 6. The maximum Gasteiger partial charge on any atom is 0.421 e. The third-order valence-electron chi connectivity index (χ3n) is 5.57. The second kappa shape index (κ2) is 11.4. The number of carbonyl (C=O) groups is 3. The molecule has 0 saturated heterocycles. The van der Waals surface area contributed by atoms with Crippen LogP contribution in [0.4, 0.5) is 26.3 Å². The Morgan fingerprint density at radius 3 is 1.74 bits per heavy atom. The normalized spacial score (nSPS) is 14.3. The van der Waals surface area contributed by atoms with Gasteiger partial charge in [0.15, 0.2) is 0 Å². The van der Waals surface area contributed by atoms with Gasteiger partial charge in [-0.2, -0.15) is 26.3 Å². The van der Waals surface area contributed by atoms with Gasteiger partial charge in [-0.15, -0.1) is 0 Å². The molecule has 1 unspecified atom stereocenters. The van der Waals surface area contributed by atoms with Crippen LogP contribution in [-0.2, 0) is 20.7 Å². The van der Waals surface area contributed by atoms with Gasteiger partial charge in [0.2, 0.25) is 11.4 Å². The summed E-state index contributed by atoms with van der Waals surface area (Å²) in [7, 11) is 0. The van der Waals surface area contributed by atoms with E-state index in [0.717, 1.165) is 17.4 Å². The molecule has 38 heavy (non-hydrogen) atoms. The van der Waals surface area contributed by atoms with Crippen LogP contribution in [0.3, 0.4) is 0 Å². The Kier molecular flexibility index (Phi) is 9.23. The number of halogens is 6. The summed E-state index contributed by atoms with van der Waals surface area (Å²) in [4.78, 5) is 38.3. The molecule has 2 rings (SSSR count). The summed E-state index contributed by atoms with van der Waals surface area (Å²) in [6.45, 7) is 4.90. The topological polar surface area (TPSA) is 84.5 Å². The van der Waals surface area contributed by atoms with Crippen molar-refractivity contribution >= 4 is 17.8 Å². The van der Waals surface area contributed by atoms with Gasteiger partial charge >= 0.3 is 18.3 Å². The van der Waals surface area contributed by atoms with Gasteiger partial charge in [-0.25, -0.2) is 4.79 Å².